The molecule has 5 aromatic rings. The Hall–Kier alpha value is -4.05. The van der Waals surface area contributed by atoms with E-state index in [0.717, 1.165) is 30.0 Å². The standard InChI is InChI=1S/C31H28N2O2/c1-3-7-25-19-30(13-9-23(25)5-1)34-21-28-11-12-29(33(28)27-15-17-32-18-16-27)22-35-31-14-10-24-6-2-4-8-26(24)20-31/h1-10,13-20,28-29H,11-12,21-22H2/t28-,29-/m1/s1. The molecule has 35 heavy (non-hydrogen) atoms. The minimum absolute atomic E-state index is 0.272. The molecule has 0 unspecified atom stereocenters. The molecule has 4 nitrogen and oxygen atoms in total. The molecular weight excluding hydrogens is 432 g/mol. The molecule has 0 radical (unpaired) electrons. The van der Waals surface area contributed by atoms with Crippen molar-refractivity contribution in [2.45, 2.75) is 24.9 Å². The number of aromatic nitrogens is 1. The molecule has 1 aromatic heterocycles. The molecule has 1 saturated heterocycles. The lowest BCUT2D eigenvalue weighted by atomic mass is 10.1. The topological polar surface area (TPSA) is 34.6 Å². The summed E-state index contributed by atoms with van der Waals surface area (Å²) in [6, 6.07) is 34.1. The predicted octanol–water partition coefficient (Wildman–Crippen LogP) is 6.88. The molecular formula is C31H28N2O2. The summed E-state index contributed by atoms with van der Waals surface area (Å²) >= 11 is 0. The molecule has 6 rings (SSSR count). The van der Waals surface area contributed by atoms with Crippen LogP contribution in [0.4, 0.5) is 5.69 Å². The van der Waals surface area contributed by atoms with E-state index in [1.807, 2.05) is 12.4 Å². The quantitative estimate of drug-likeness (QED) is 0.265. The van der Waals surface area contributed by atoms with Crippen molar-refractivity contribution in [1.29, 1.82) is 0 Å². The van der Waals surface area contributed by atoms with E-state index >= 15 is 0 Å². The molecule has 0 amide bonds. The maximum atomic E-state index is 6.31. The second-order valence-corrected chi connectivity index (χ2v) is 9.14. The summed E-state index contributed by atoms with van der Waals surface area (Å²) in [5, 5.41) is 4.85. The van der Waals surface area contributed by atoms with Gasteiger partial charge in [-0.1, -0.05) is 60.7 Å². The summed E-state index contributed by atoms with van der Waals surface area (Å²) in [6.07, 6.45) is 5.83. The van der Waals surface area contributed by atoms with Crippen molar-refractivity contribution in [2.24, 2.45) is 0 Å². The van der Waals surface area contributed by atoms with Gasteiger partial charge >= 0.3 is 0 Å². The number of rotatable bonds is 7. The Morgan fingerprint density at radius 1 is 0.600 bits per heavy atom. The van der Waals surface area contributed by atoms with Gasteiger partial charge in [-0.05, 0) is 70.8 Å². The molecule has 0 saturated carbocycles. The smallest absolute Gasteiger partial charge is 0.120 e. The van der Waals surface area contributed by atoms with Gasteiger partial charge in [0.2, 0.25) is 0 Å². The fourth-order valence-electron chi connectivity index (χ4n) is 5.13. The van der Waals surface area contributed by atoms with Gasteiger partial charge in [0.15, 0.2) is 0 Å². The van der Waals surface area contributed by atoms with Crippen LogP contribution in [-0.2, 0) is 0 Å². The number of benzene rings is 4. The Morgan fingerprint density at radius 3 is 1.60 bits per heavy atom. The van der Waals surface area contributed by atoms with Crippen LogP contribution in [0.25, 0.3) is 21.5 Å². The SMILES string of the molecule is c1ccc2cc(OC[C@H]3CC[C@H](COc4ccc5ccccc5c4)N3c3ccncc3)ccc2c1. The van der Waals surface area contributed by atoms with Gasteiger partial charge in [0.05, 0.1) is 12.1 Å². The van der Waals surface area contributed by atoms with Crippen molar-refractivity contribution in [3.05, 3.63) is 109 Å². The van der Waals surface area contributed by atoms with E-state index in [-0.39, 0.29) is 12.1 Å². The lowest BCUT2D eigenvalue weighted by Crippen LogP contribution is -2.42. The van der Waals surface area contributed by atoms with Crippen LogP contribution in [0.5, 0.6) is 11.5 Å². The zero-order valence-corrected chi connectivity index (χ0v) is 19.6. The molecule has 2 atom stereocenters. The first-order valence-electron chi connectivity index (χ1n) is 12.2. The van der Waals surface area contributed by atoms with Crippen molar-refractivity contribution >= 4 is 27.2 Å². The molecule has 1 aliphatic heterocycles. The largest absolute Gasteiger partial charge is 0.491 e. The highest BCUT2D eigenvalue weighted by Gasteiger charge is 2.34. The lowest BCUT2D eigenvalue weighted by Gasteiger charge is -2.32. The fourth-order valence-corrected chi connectivity index (χ4v) is 5.13. The van der Waals surface area contributed by atoms with Crippen molar-refractivity contribution in [1.82, 2.24) is 4.98 Å². The van der Waals surface area contributed by atoms with Crippen molar-refractivity contribution in [3.63, 3.8) is 0 Å². The van der Waals surface area contributed by atoms with E-state index in [4.69, 9.17) is 9.47 Å². The highest BCUT2D eigenvalue weighted by Crippen LogP contribution is 2.32. The summed E-state index contributed by atoms with van der Waals surface area (Å²) < 4.78 is 12.6. The fraction of sp³-hybridized carbons (Fsp3) is 0.194. The second kappa shape index (κ2) is 9.67. The maximum absolute atomic E-state index is 6.31. The molecule has 1 aliphatic rings. The van der Waals surface area contributed by atoms with Crippen molar-refractivity contribution in [3.8, 4) is 11.5 Å². The maximum Gasteiger partial charge on any atom is 0.120 e. The zero-order valence-electron chi connectivity index (χ0n) is 19.6. The summed E-state index contributed by atoms with van der Waals surface area (Å²) in [7, 11) is 0. The molecule has 0 spiro atoms. The molecule has 0 N–H and O–H groups in total. The Kier molecular flexibility index (Phi) is 5.93. The number of fused-ring (bicyclic) bond motifs is 2. The van der Waals surface area contributed by atoms with Crippen LogP contribution in [0.1, 0.15) is 12.8 Å². The van der Waals surface area contributed by atoms with Crippen LogP contribution in [0.2, 0.25) is 0 Å². The molecule has 2 heterocycles. The average molecular weight is 461 g/mol. The van der Waals surface area contributed by atoms with E-state index in [9.17, 15) is 0 Å². The Balaban J connectivity index is 1.17. The minimum Gasteiger partial charge on any atom is -0.491 e. The lowest BCUT2D eigenvalue weighted by molar-refractivity contribution is 0.271. The van der Waals surface area contributed by atoms with Crippen LogP contribution in [0.15, 0.2) is 109 Å². The van der Waals surface area contributed by atoms with Crippen molar-refractivity contribution in [2.75, 3.05) is 18.1 Å². The molecule has 0 bridgehead atoms. The van der Waals surface area contributed by atoms with E-state index in [1.54, 1.807) is 0 Å². The minimum atomic E-state index is 0.272. The molecule has 4 aromatic carbocycles. The third-order valence-corrected chi connectivity index (χ3v) is 6.91. The third-order valence-electron chi connectivity index (χ3n) is 6.91. The van der Waals surface area contributed by atoms with Gasteiger partial charge in [-0.25, -0.2) is 0 Å². The van der Waals surface area contributed by atoms with E-state index < -0.39 is 0 Å². The first kappa shape index (κ1) is 21.5. The zero-order chi connectivity index (χ0) is 23.5. The van der Waals surface area contributed by atoms with E-state index in [2.05, 4.69) is 107 Å². The first-order valence-corrected chi connectivity index (χ1v) is 12.2. The number of pyridine rings is 1. The van der Waals surface area contributed by atoms with Crippen LogP contribution < -0.4 is 14.4 Å². The normalized spacial score (nSPS) is 17.7. The Morgan fingerprint density at radius 2 is 1.09 bits per heavy atom. The van der Waals surface area contributed by atoms with Gasteiger partial charge in [0, 0.05) is 18.1 Å². The highest BCUT2D eigenvalue weighted by molar-refractivity contribution is 5.84. The summed E-state index contributed by atoms with van der Waals surface area (Å²) in [6.45, 7) is 1.26. The number of hydrogen-bond acceptors (Lipinski definition) is 4. The van der Waals surface area contributed by atoms with Gasteiger partial charge in [-0.2, -0.15) is 0 Å². The number of hydrogen-bond donors (Lipinski definition) is 0. The van der Waals surface area contributed by atoms with Crippen LogP contribution in [-0.4, -0.2) is 30.3 Å². The van der Waals surface area contributed by atoms with Gasteiger partial charge in [0.25, 0.3) is 0 Å². The predicted molar refractivity (Wildman–Crippen MR) is 142 cm³/mol. The van der Waals surface area contributed by atoms with Gasteiger partial charge in [0.1, 0.15) is 24.7 Å². The molecule has 174 valence electrons. The van der Waals surface area contributed by atoms with Crippen LogP contribution >= 0.6 is 0 Å². The number of ether oxygens (including phenoxy) is 2. The van der Waals surface area contributed by atoms with E-state index in [0.29, 0.717) is 13.2 Å². The molecule has 1 fully saturated rings. The van der Waals surface area contributed by atoms with Crippen molar-refractivity contribution < 1.29 is 9.47 Å². The third kappa shape index (κ3) is 4.65. The van der Waals surface area contributed by atoms with Gasteiger partial charge in [-0.3, -0.25) is 4.98 Å². The number of nitrogens with zero attached hydrogens (tertiary/aromatic N) is 2. The number of anilines is 1. The first-order chi connectivity index (χ1) is 17.3. The molecule has 0 aliphatic carbocycles. The van der Waals surface area contributed by atoms with E-state index in [1.165, 1.54) is 21.5 Å². The Labute approximate surface area is 205 Å². The average Bonchev–Trinajstić information content (AvgIpc) is 3.33. The Bertz CT molecular complexity index is 1340. The second-order valence-electron chi connectivity index (χ2n) is 9.14. The summed E-state index contributed by atoms with van der Waals surface area (Å²) in [5.74, 6) is 1.82. The van der Waals surface area contributed by atoms with Crippen LogP contribution in [0.3, 0.4) is 0 Å². The monoisotopic (exact) mass is 460 g/mol. The van der Waals surface area contributed by atoms with Crippen LogP contribution in [0, 0.1) is 0 Å². The highest BCUT2D eigenvalue weighted by atomic mass is 16.5. The summed E-state index contributed by atoms with van der Waals surface area (Å²) in [4.78, 5) is 6.68. The summed E-state index contributed by atoms with van der Waals surface area (Å²) in [5.41, 5.74) is 1.16. The molecule has 4 heteroatoms. The van der Waals surface area contributed by atoms with Gasteiger partial charge in [-0.15, -0.1) is 0 Å². The van der Waals surface area contributed by atoms with Gasteiger partial charge < -0.3 is 14.4 Å².